The average molecular weight is 549 g/mol. The molecule has 10 heteroatoms. The number of aromatic nitrogens is 4. The number of anilines is 1. The van der Waals surface area contributed by atoms with Crippen molar-refractivity contribution in [3.63, 3.8) is 0 Å². The molecule has 1 aromatic carbocycles. The second-order valence-corrected chi connectivity index (χ2v) is 9.56. The Morgan fingerprint density at radius 2 is 1.74 bits per heavy atom. The summed E-state index contributed by atoms with van der Waals surface area (Å²) >= 11 is 7.18. The van der Waals surface area contributed by atoms with Crippen LogP contribution in [0.3, 0.4) is 0 Å². The molecule has 162 valence electrons. The fourth-order valence-electron chi connectivity index (χ4n) is 4.54. The van der Waals surface area contributed by atoms with Crippen molar-refractivity contribution in [2.75, 3.05) is 44.2 Å². The van der Waals surface area contributed by atoms with Gasteiger partial charge in [-0.3, -0.25) is 14.8 Å². The van der Waals surface area contributed by atoms with Crippen molar-refractivity contribution < 1.29 is 4.79 Å². The number of carbonyl (C=O) groups is 1. The number of hydrogen-bond acceptors (Lipinski definition) is 6. The van der Waals surface area contributed by atoms with Gasteiger partial charge < -0.3 is 9.80 Å². The Balaban J connectivity index is 1.35. The Morgan fingerprint density at radius 3 is 2.48 bits per heavy atom. The first-order valence-corrected chi connectivity index (χ1v) is 12.1. The Labute approximate surface area is 197 Å². The zero-order valence-corrected chi connectivity index (χ0v) is 20.1. The number of aromatic amines is 1. The summed E-state index contributed by atoms with van der Waals surface area (Å²) in [5.74, 6) is 1.03. The third-order valence-corrected chi connectivity index (χ3v) is 7.41. The maximum atomic E-state index is 13.7. The maximum absolute atomic E-state index is 13.7. The molecule has 1 atom stereocenters. The largest absolute Gasteiger partial charge is 0.352 e. The summed E-state index contributed by atoms with van der Waals surface area (Å²) in [4.78, 5) is 29.0. The van der Waals surface area contributed by atoms with E-state index in [-0.39, 0.29) is 11.9 Å². The number of amides is 1. The third kappa shape index (κ3) is 3.96. The molecular formula is C21H23Br2N7O. The molecule has 4 heterocycles. The molecule has 8 nitrogen and oxygen atoms in total. The molecule has 0 saturated carbocycles. The third-order valence-electron chi connectivity index (χ3n) is 6.12. The van der Waals surface area contributed by atoms with E-state index in [4.69, 9.17) is 0 Å². The number of likely N-dealkylation sites (tertiary alicyclic amines) is 1. The zero-order valence-electron chi connectivity index (χ0n) is 17.0. The topological polar surface area (TPSA) is 81.2 Å². The summed E-state index contributed by atoms with van der Waals surface area (Å²) in [5, 5.41) is 8.00. The first kappa shape index (κ1) is 20.8. The van der Waals surface area contributed by atoms with Gasteiger partial charge in [0.25, 0.3) is 0 Å². The number of piperazine rings is 1. The SMILES string of the molecule is O=C(C(c1ccccc1Br)N1CCCC1)N1CCN(c2ncnc3n[nH]c(Br)c23)CC1. The van der Waals surface area contributed by atoms with E-state index in [0.717, 1.165) is 64.9 Å². The van der Waals surface area contributed by atoms with Crippen molar-refractivity contribution in [1.29, 1.82) is 0 Å². The van der Waals surface area contributed by atoms with Crippen LogP contribution in [0.25, 0.3) is 11.0 Å². The van der Waals surface area contributed by atoms with Crippen molar-refractivity contribution in [1.82, 2.24) is 30.0 Å². The van der Waals surface area contributed by atoms with Gasteiger partial charge in [0, 0.05) is 30.7 Å². The molecule has 0 bridgehead atoms. The Morgan fingerprint density at radius 1 is 1.00 bits per heavy atom. The fourth-order valence-corrected chi connectivity index (χ4v) is 5.49. The monoisotopic (exact) mass is 547 g/mol. The molecule has 1 unspecified atom stereocenters. The van der Waals surface area contributed by atoms with Crippen LogP contribution in [0.15, 0.2) is 39.7 Å². The molecule has 3 aromatic rings. The minimum Gasteiger partial charge on any atom is -0.352 e. The summed E-state index contributed by atoms with van der Waals surface area (Å²) in [7, 11) is 0. The van der Waals surface area contributed by atoms with Crippen molar-refractivity contribution in [3.05, 3.63) is 45.2 Å². The standard InChI is InChI=1S/C21H23Br2N7O/c22-15-6-2-1-5-14(15)17(28-7-3-4-8-28)21(31)30-11-9-29(10-12-30)20-16-18(23)26-27-19(16)24-13-25-20/h1-2,5-6,13,17H,3-4,7-12H2,(H,24,25,26,27). The highest BCUT2D eigenvalue weighted by atomic mass is 79.9. The fraction of sp³-hybridized carbons (Fsp3) is 0.429. The van der Waals surface area contributed by atoms with Crippen LogP contribution in [-0.2, 0) is 4.79 Å². The van der Waals surface area contributed by atoms with Crippen LogP contribution in [0, 0.1) is 0 Å². The lowest BCUT2D eigenvalue weighted by Crippen LogP contribution is -2.52. The summed E-state index contributed by atoms with van der Waals surface area (Å²) in [6, 6.07) is 7.85. The number of hydrogen-bond donors (Lipinski definition) is 1. The predicted octanol–water partition coefficient (Wildman–Crippen LogP) is 3.36. The molecule has 1 N–H and O–H groups in total. The first-order chi connectivity index (χ1) is 15.1. The number of halogens is 2. The smallest absolute Gasteiger partial charge is 0.244 e. The highest BCUT2D eigenvalue weighted by molar-refractivity contribution is 9.10. The molecule has 2 aliphatic rings. The van der Waals surface area contributed by atoms with Gasteiger partial charge in [-0.15, -0.1) is 0 Å². The zero-order chi connectivity index (χ0) is 21.4. The van der Waals surface area contributed by atoms with Crippen LogP contribution >= 0.6 is 31.9 Å². The van der Waals surface area contributed by atoms with E-state index >= 15 is 0 Å². The highest BCUT2D eigenvalue weighted by Gasteiger charge is 2.35. The number of rotatable bonds is 4. The van der Waals surface area contributed by atoms with Gasteiger partial charge in [0.1, 0.15) is 22.8 Å². The van der Waals surface area contributed by atoms with Crippen molar-refractivity contribution >= 4 is 54.6 Å². The summed E-state index contributed by atoms with van der Waals surface area (Å²) in [6.07, 6.45) is 3.83. The van der Waals surface area contributed by atoms with Gasteiger partial charge >= 0.3 is 0 Å². The number of carbonyl (C=O) groups excluding carboxylic acids is 1. The van der Waals surface area contributed by atoms with Crippen LogP contribution < -0.4 is 4.90 Å². The molecule has 0 aliphatic carbocycles. The summed E-state index contributed by atoms with van der Waals surface area (Å²) in [6.45, 7) is 4.69. The maximum Gasteiger partial charge on any atom is 0.244 e. The van der Waals surface area contributed by atoms with E-state index < -0.39 is 0 Å². The number of nitrogens with zero attached hydrogens (tertiary/aromatic N) is 6. The average Bonchev–Trinajstić information content (AvgIpc) is 3.46. The lowest BCUT2D eigenvalue weighted by atomic mass is 10.0. The van der Waals surface area contributed by atoms with Crippen molar-refractivity contribution in [2.24, 2.45) is 0 Å². The van der Waals surface area contributed by atoms with Crippen LogP contribution in [-0.4, -0.2) is 75.1 Å². The first-order valence-electron chi connectivity index (χ1n) is 10.5. The van der Waals surface area contributed by atoms with E-state index in [1.165, 1.54) is 0 Å². The van der Waals surface area contributed by atoms with Crippen LogP contribution in [0.2, 0.25) is 0 Å². The second-order valence-electron chi connectivity index (χ2n) is 7.91. The highest BCUT2D eigenvalue weighted by Crippen LogP contribution is 2.33. The molecule has 2 aromatic heterocycles. The lowest BCUT2D eigenvalue weighted by molar-refractivity contribution is -0.137. The van der Waals surface area contributed by atoms with Gasteiger partial charge in [0.05, 0.1) is 5.39 Å². The number of nitrogens with one attached hydrogen (secondary N) is 1. The Kier molecular flexibility index (Phi) is 5.94. The molecular weight excluding hydrogens is 526 g/mol. The van der Waals surface area contributed by atoms with Crippen LogP contribution in [0.5, 0.6) is 0 Å². The Hall–Kier alpha value is -2.04. The predicted molar refractivity (Wildman–Crippen MR) is 126 cm³/mol. The summed E-state index contributed by atoms with van der Waals surface area (Å²) < 4.78 is 1.77. The molecule has 31 heavy (non-hydrogen) atoms. The van der Waals surface area contributed by atoms with Gasteiger partial charge in [0.2, 0.25) is 5.91 Å². The van der Waals surface area contributed by atoms with Crippen molar-refractivity contribution in [3.8, 4) is 0 Å². The van der Waals surface area contributed by atoms with Crippen LogP contribution in [0.1, 0.15) is 24.4 Å². The van der Waals surface area contributed by atoms with E-state index in [2.05, 4.69) is 67.9 Å². The molecule has 1 amide bonds. The number of H-pyrrole nitrogens is 1. The normalized spacial score (nSPS) is 18.6. The van der Waals surface area contributed by atoms with Gasteiger partial charge in [-0.25, -0.2) is 9.97 Å². The van der Waals surface area contributed by atoms with Gasteiger partial charge in [-0.2, -0.15) is 5.10 Å². The molecule has 2 aliphatic heterocycles. The van der Waals surface area contributed by atoms with E-state index in [0.29, 0.717) is 18.7 Å². The quantitative estimate of drug-likeness (QED) is 0.538. The molecule has 2 fully saturated rings. The van der Waals surface area contributed by atoms with Crippen LogP contribution in [0.4, 0.5) is 5.82 Å². The van der Waals surface area contributed by atoms with Gasteiger partial charge in [0.15, 0.2) is 5.65 Å². The molecule has 5 rings (SSSR count). The van der Waals surface area contributed by atoms with E-state index in [1.54, 1.807) is 6.33 Å². The van der Waals surface area contributed by atoms with Gasteiger partial charge in [-0.1, -0.05) is 34.1 Å². The number of fused-ring (bicyclic) bond motifs is 1. The lowest BCUT2D eigenvalue weighted by Gasteiger charge is -2.39. The Bertz CT molecular complexity index is 1090. The molecule has 2 saturated heterocycles. The van der Waals surface area contributed by atoms with Crippen molar-refractivity contribution in [2.45, 2.75) is 18.9 Å². The van der Waals surface area contributed by atoms with E-state index in [9.17, 15) is 4.79 Å². The second kappa shape index (κ2) is 8.84. The molecule has 0 radical (unpaired) electrons. The minimum absolute atomic E-state index is 0.186. The number of benzene rings is 1. The summed E-state index contributed by atoms with van der Waals surface area (Å²) in [5.41, 5.74) is 1.69. The van der Waals surface area contributed by atoms with E-state index in [1.807, 2.05) is 23.1 Å². The molecule has 0 spiro atoms. The van der Waals surface area contributed by atoms with Gasteiger partial charge in [-0.05, 0) is 53.5 Å². The minimum atomic E-state index is -0.238.